The second-order valence-corrected chi connectivity index (χ2v) is 8.14. The number of hydrazine groups is 2. The Labute approximate surface area is 186 Å². The van der Waals surface area contributed by atoms with E-state index in [1.807, 2.05) is 47.5 Å². The molecule has 1 unspecified atom stereocenters. The number of benzene rings is 2. The van der Waals surface area contributed by atoms with Gasteiger partial charge < -0.3 is 10.6 Å². The lowest BCUT2D eigenvalue weighted by molar-refractivity contribution is -0.127. The zero-order valence-electron chi connectivity index (χ0n) is 17.3. The van der Waals surface area contributed by atoms with Crippen molar-refractivity contribution < 1.29 is 9.59 Å². The lowest BCUT2D eigenvalue weighted by atomic mass is 10.0. The van der Waals surface area contributed by atoms with Crippen LogP contribution in [-0.4, -0.2) is 24.5 Å². The Bertz CT molecular complexity index is 1010. The van der Waals surface area contributed by atoms with E-state index in [-0.39, 0.29) is 24.2 Å². The number of nitrogens with one attached hydrogen (secondary N) is 4. The van der Waals surface area contributed by atoms with E-state index in [2.05, 4.69) is 40.7 Å². The third kappa shape index (κ3) is 4.90. The third-order valence-electron chi connectivity index (χ3n) is 5.40. The van der Waals surface area contributed by atoms with Gasteiger partial charge in [0.25, 0.3) is 0 Å². The van der Waals surface area contributed by atoms with Crippen LogP contribution in [0.15, 0.2) is 54.6 Å². The fraction of sp³-hybridized carbons (Fsp3) is 0.304. The summed E-state index contributed by atoms with van der Waals surface area (Å²) < 4.78 is 0. The Morgan fingerprint density at radius 2 is 2.06 bits per heavy atom. The highest BCUT2D eigenvalue weighted by Crippen LogP contribution is 2.32. The topological polar surface area (TPSA) is 85.5 Å². The molecule has 0 aromatic heterocycles. The van der Waals surface area contributed by atoms with Crippen LogP contribution >= 0.6 is 11.6 Å². The fourth-order valence-electron chi connectivity index (χ4n) is 3.83. The molecule has 8 heteroatoms. The van der Waals surface area contributed by atoms with Crippen molar-refractivity contribution in [2.45, 2.75) is 32.4 Å². The van der Waals surface area contributed by atoms with E-state index in [1.165, 1.54) is 5.56 Å². The van der Waals surface area contributed by atoms with Crippen LogP contribution in [0.5, 0.6) is 0 Å². The summed E-state index contributed by atoms with van der Waals surface area (Å²) in [6.45, 7) is 2.52. The largest absolute Gasteiger partial charge is 0.355 e. The number of halogens is 1. The van der Waals surface area contributed by atoms with Gasteiger partial charge in [-0.2, -0.15) is 5.53 Å². The number of amides is 2. The van der Waals surface area contributed by atoms with Gasteiger partial charge in [0.2, 0.25) is 11.8 Å². The SMILES string of the molecule is CCCc1cccc(C2=CC(NC(=O)[C@@H]3CNC(=O)C3)NNN2c2ccccc2Cl)c1. The molecule has 162 valence electrons. The van der Waals surface area contributed by atoms with Gasteiger partial charge in [-0.3, -0.25) is 14.6 Å². The molecule has 2 aliphatic heterocycles. The van der Waals surface area contributed by atoms with Crippen LogP contribution in [-0.2, 0) is 16.0 Å². The van der Waals surface area contributed by atoms with Gasteiger partial charge in [-0.15, -0.1) is 0 Å². The molecule has 1 fully saturated rings. The van der Waals surface area contributed by atoms with Gasteiger partial charge in [0.1, 0.15) is 6.17 Å². The lowest BCUT2D eigenvalue weighted by Gasteiger charge is -2.36. The van der Waals surface area contributed by atoms with Crippen molar-refractivity contribution in [3.05, 3.63) is 70.8 Å². The maximum atomic E-state index is 12.6. The van der Waals surface area contributed by atoms with Crippen LogP contribution < -0.4 is 26.6 Å². The van der Waals surface area contributed by atoms with E-state index in [9.17, 15) is 9.59 Å². The summed E-state index contributed by atoms with van der Waals surface area (Å²) in [5.41, 5.74) is 10.2. The molecule has 31 heavy (non-hydrogen) atoms. The Morgan fingerprint density at radius 3 is 2.81 bits per heavy atom. The van der Waals surface area contributed by atoms with Gasteiger partial charge in [-0.05, 0) is 41.8 Å². The number of carbonyl (C=O) groups excluding carboxylic acids is 2. The quantitative estimate of drug-likeness (QED) is 0.556. The second-order valence-electron chi connectivity index (χ2n) is 7.74. The van der Waals surface area contributed by atoms with Crippen LogP contribution in [0.1, 0.15) is 30.9 Å². The van der Waals surface area contributed by atoms with Gasteiger partial charge in [0, 0.05) is 13.0 Å². The number of rotatable bonds is 6. The Morgan fingerprint density at radius 1 is 1.23 bits per heavy atom. The molecule has 2 aliphatic rings. The fourth-order valence-corrected chi connectivity index (χ4v) is 4.05. The maximum Gasteiger partial charge on any atom is 0.226 e. The van der Waals surface area contributed by atoms with Gasteiger partial charge in [-0.1, -0.05) is 55.3 Å². The number of hydrogen-bond donors (Lipinski definition) is 4. The highest BCUT2D eigenvalue weighted by Gasteiger charge is 2.30. The minimum Gasteiger partial charge on any atom is -0.355 e. The lowest BCUT2D eigenvalue weighted by Crippen LogP contribution is -2.60. The van der Waals surface area contributed by atoms with Crippen molar-refractivity contribution in [2.24, 2.45) is 5.92 Å². The monoisotopic (exact) mass is 439 g/mol. The van der Waals surface area contributed by atoms with Crippen molar-refractivity contribution in [1.82, 2.24) is 21.6 Å². The van der Waals surface area contributed by atoms with Crippen molar-refractivity contribution >= 4 is 34.8 Å². The van der Waals surface area contributed by atoms with Crippen molar-refractivity contribution in [3.63, 3.8) is 0 Å². The Balaban J connectivity index is 1.64. The first-order chi connectivity index (χ1) is 15.0. The number of aryl methyl sites for hydroxylation is 1. The summed E-state index contributed by atoms with van der Waals surface area (Å²) in [6, 6.07) is 15.9. The maximum absolute atomic E-state index is 12.6. The molecule has 4 rings (SSSR count). The average molecular weight is 440 g/mol. The molecule has 2 atom stereocenters. The number of nitrogens with zero attached hydrogens (tertiary/aromatic N) is 1. The zero-order chi connectivity index (χ0) is 21.8. The summed E-state index contributed by atoms with van der Waals surface area (Å²) in [6.07, 6.45) is 3.76. The smallest absolute Gasteiger partial charge is 0.226 e. The van der Waals surface area contributed by atoms with Crippen molar-refractivity contribution in [3.8, 4) is 0 Å². The van der Waals surface area contributed by atoms with Crippen molar-refractivity contribution in [2.75, 3.05) is 11.6 Å². The number of hydrogen-bond acceptors (Lipinski definition) is 5. The van der Waals surface area contributed by atoms with E-state index >= 15 is 0 Å². The first-order valence-corrected chi connectivity index (χ1v) is 10.9. The summed E-state index contributed by atoms with van der Waals surface area (Å²) in [4.78, 5) is 24.1. The number of anilines is 1. The molecule has 0 radical (unpaired) electrons. The van der Waals surface area contributed by atoms with Crippen LogP contribution in [0.3, 0.4) is 0 Å². The Hall–Kier alpha value is -2.87. The van der Waals surface area contributed by atoms with Gasteiger partial charge in [0.15, 0.2) is 0 Å². The van der Waals surface area contributed by atoms with Gasteiger partial charge >= 0.3 is 0 Å². The minimum atomic E-state index is -0.452. The van der Waals surface area contributed by atoms with Crippen LogP contribution in [0.2, 0.25) is 5.02 Å². The highest BCUT2D eigenvalue weighted by molar-refractivity contribution is 6.33. The van der Waals surface area contributed by atoms with Crippen LogP contribution in [0.4, 0.5) is 5.69 Å². The van der Waals surface area contributed by atoms with E-state index in [4.69, 9.17) is 11.6 Å². The molecule has 1 saturated heterocycles. The van der Waals surface area contributed by atoms with E-state index in [0.717, 1.165) is 29.8 Å². The second kappa shape index (κ2) is 9.51. The predicted octanol–water partition coefficient (Wildman–Crippen LogP) is 2.74. The standard InChI is InChI=1S/C23H26ClN5O2/c1-2-6-15-7-5-8-16(11-15)20-13-21(26-23(31)17-12-22(30)25-14-17)27-28-29(20)19-10-4-3-9-18(19)24/h3-5,7-11,13,17,21,27-28H,2,6,12,14H2,1H3,(H,25,30)(H,26,31)/t17-,21?/m0/s1. The summed E-state index contributed by atoms with van der Waals surface area (Å²) in [5.74, 6) is -0.622. The number of carbonyl (C=O) groups is 2. The summed E-state index contributed by atoms with van der Waals surface area (Å²) in [5, 5.41) is 8.14. The minimum absolute atomic E-state index is 0.0938. The molecule has 2 amide bonds. The molecule has 0 saturated carbocycles. The normalized spacial score (nSPS) is 20.9. The third-order valence-corrected chi connectivity index (χ3v) is 5.72. The zero-order valence-corrected chi connectivity index (χ0v) is 18.1. The van der Waals surface area contributed by atoms with Crippen molar-refractivity contribution in [1.29, 1.82) is 0 Å². The summed E-state index contributed by atoms with van der Waals surface area (Å²) in [7, 11) is 0. The molecular formula is C23H26ClN5O2. The molecule has 2 aromatic rings. The van der Waals surface area contributed by atoms with E-state index in [1.54, 1.807) is 0 Å². The Kier molecular flexibility index (Phi) is 6.56. The molecule has 0 aliphatic carbocycles. The predicted molar refractivity (Wildman–Crippen MR) is 122 cm³/mol. The van der Waals surface area contributed by atoms with Gasteiger partial charge in [-0.25, -0.2) is 5.43 Å². The first kappa shape index (κ1) is 21.4. The highest BCUT2D eigenvalue weighted by atomic mass is 35.5. The molecule has 0 bridgehead atoms. The number of para-hydroxylation sites is 1. The first-order valence-electron chi connectivity index (χ1n) is 10.5. The molecule has 2 aromatic carbocycles. The average Bonchev–Trinajstić information content (AvgIpc) is 3.21. The molecule has 4 N–H and O–H groups in total. The van der Waals surface area contributed by atoms with E-state index < -0.39 is 6.17 Å². The molecule has 0 spiro atoms. The van der Waals surface area contributed by atoms with E-state index in [0.29, 0.717) is 11.6 Å². The van der Waals surface area contributed by atoms with Crippen LogP contribution in [0.25, 0.3) is 5.70 Å². The molecule has 7 nitrogen and oxygen atoms in total. The summed E-state index contributed by atoms with van der Waals surface area (Å²) >= 11 is 6.47. The molecular weight excluding hydrogens is 414 g/mol. The molecule has 2 heterocycles. The van der Waals surface area contributed by atoms with Crippen LogP contribution in [0, 0.1) is 5.92 Å². The van der Waals surface area contributed by atoms with Gasteiger partial charge in [0.05, 0.1) is 22.3 Å².